The van der Waals surface area contributed by atoms with Crippen LogP contribution in [0.15, 0.2) is 18.3 Å². The molecule has 2 aromatic rings. The van der Waals surface area contributed by atoms with Crippen LogP contribution >= 0.6 is 23.2 Å². The zero-order chi connectivity index (χ0) is 14.7. The average Bonchev–Trinajstić information content (AvgIpc) is 2.44. The summed E-state index contributed by atoms with van der Waals surface area (Å²) in [6, 6.07) is 3.57. The second-order valence-corrected chi connectivity index (χ2v) is 4.99. The number of ether oxygens (including phenoxy) is 2. The molecule has 6 heteroatoms. The fraction of sp³-hybridized carbons (Fsp3) is 0.286. The number of halogens is 2. The molecule has 0 bridgehead atoms. The van der Waals surface area contributed by atoms with Gasteiger partial charge in [-0.05, 0) is 30.2 Å². The Morgan fingerprint density at radius 3 is 2.45 bits per heavy atom. The van der Waals surface area contributed by atoms with Crippen molar-refractivity contribution in [2.75, 3.05) is 14.2 Å². The maximum atomic E-state index is 6.09. The van der Waals surface area contributed by atoms with Gasteiger partial charge < -0.3 is 9.47 Å². The summed E-state index contributed by atoms with van der Waals surface area (Å²) in [4.78, 5) is 8.19. The summed E-state index contributed by atoms with van der Waals surface area (Å²) in [6.07, 6.45) is 2.26. The Morgan fingerprint density at radius 2 is 1.80 bits per heavy atom. The van der Waals surface area contributed by atoms with E-state index < -0.39 is 0 Å². The SMILES string of the molecule is COc1cc(Cc2nc(Cl)ncc2C)c(OC)cc1Cl. The van der Waals surface area contributed by atoms with Gasteiger partial charge in [-0.2, -0.15) is 0 Å². The standard InChI is InChI=1S/C14H14Cl2N2O2/c1-8-7-17-14(16)18-11(8)4-9-5-13(20-3)10(15)6-12(9)19-2/h5-7H,4H2,1-3H3. The minimum atomic E-state index is 0.227. The predicted molar refractivity (Wildman–Crippen MR) is 79.1 cm³/mol. The van der Waals surface area contributed by atoms with E-state index in [1.807, 2.05) is 13.0 Å². The summed E-state index contributed by atoms with van der Waals surface area (Å²) in [7, 11) is 3.17. The Bertz CT molecular complexity index is 633. The van der Waals surface area contributed by atoms with E-state index in [4.69, 9.17) is 32.7 Å². The largest absolute Gasteiger partial charge is 0.496 e. The molecule has 0 unspecified atom stereocenters. The number of aromatic nitrogens is 2. The van der Waals surface area contributed by atoms with Crippen molar-refractivity contribution in [2.45, 2.75) is 13.3 Å². The lowest BCUT2D eigenvalue weighted by atomic mass is 10.1. The topological polar surface area (TPSA) is 44.2 Å². The summed E-state index contributed by atoms with van der Waals surface area (Å²) in [5.74, 6) is 1.28. The number of hydrogen-bond donors (Lipinski definition) is 0. The molecule has 4 nitrogen and oxygen atoms in total. The van der Waals surface area contributed by atoms with E-state index in [0.717, 1.165) is 16.8 Å². The monoisotopic (exact) mass is 312 g/mol. The first kappa shape index (κ1) is 14.9. The van der Waals surface area contributed by atoms with E-state index in [2.05, 4.69) is 9.97 Å². The Morgan fingerprint density at radius 1 is 1.10 bits per heavy atom. The van der Waals surface area contributed by atoms with Gasteiger partial charge in [-0.25, -0.2) is 9.97 Å². The number of rotatable bonds is 4. The quantitative estimate of drug-likeness (QED) is 0.807. The lowest BCUT2D eigenvalue weighted by Gasteiger charge is -2.12. The van der Waals surface area contributed by atoms with Crippen LogP contribution in [0.1, 0.15) is 16.8 Å². The third-order valence-corrected chi connectivity index (χ3v) is 3.44. The van der Waals surface area contributed by atoms with Gasteiger partial charge in [-0.15, -0.1) is 0 Å². The molecular formula is C14H14Cl2N2O2. The second-order valence-electron chi connectivity index (χ2n) is 4.24. The summed E-state index contributed by atoms with van der Waals surface area (Å²) in [5.41, 5.74) is 2.73. The van der Waals surface area contributed by atoms with Crippen LogP contribution < -0.4 is 9.47 Å². The number of benzene rings is 1. The summed E-state index contributed by atoms with van der Waals surface area (Å²) in [6.45, 7) is 1.94. The molecule has 0 aliphatic carbocycles. The lowest BCUT2D eigenvalue weighted by molar-refractivity contribution is 0.399. The van der Waals surface area contributed by atoms with Crippen molar-refractivity contribution in [1.29, 1.82) is 0 Å². The average molecular weight is 313 g/mol. The van der Waals surface area contributed by atoms with E-state index in [0.29, 0.717) is 22.9 Å². The summed E-state index contributed by atoms with van der Waals surface area (Å²) < 4.78 is 10.6. The molecule has 1 aromatic heterocycles. The first-order valence-corrected chi connectivity index (χ1v) is 6.69. The molecule has 0 radical (unpaired) electrons. The third-order valence-electron chi connectivity index (χ3n) is 2.96. The van der Waals surface area contributed by atoms with Crippen molar-refractivity contribution in [2.24, 2.45) is 0 Å². The van der Waals surface area contributed by atoms with Gasteiger partial charge in [0.2, 0.25) is 5.28 Å². The molecule has 20 heavy (non-hydrogen) atoms. The van der Waals surface area contributed by atoms with Crippen molar-refractivity contribution in [3.05, 3.63) is 45.5 Å². The van der Waals surface area contributed by atoms with Crippen LogP contribution in [0.2, 0.25) is 10.3 Å². The van der Waals surface area contributed by atoms with Gasteiger partial charge in [0, 0.05) is 24.2 Å². The number of hydrogen-bond acceptors (Lipinski definition) is 4. The number of aryl methyl sites for hydroxylation is 1. The zero-order valence-electron chi connectivity index (χ0n) is 11.4. The minimum Gasteiger partial charge on any atom is -0.496 e. The van der Waals surface area contributed by atoms with Gasteiger partial charge in [-0.3, -0.25) is 0 Å². The first-order valence-electron chi connectivity index (χ1n) is 5.93. The molecule has 106 valence electrons. The molecule has 0 saturated heterocycles. The molecule has 1 aromatic carbocycles. The Balaban J connectivity index is 2.44. The number of methoxy groups -OCH3 is 2. The first-order chi connectivity index (χ1) is 9.55. The van der Waals surface area contributed by atoms with Crippen molar-refractivity contribution >= 4 is 23.2 Å². The van der Waals surface area contributed by atoms with Gasteiger partial charge in [0.05, 0.1) is 24.9 Å². The van der Waals surface area contributed by atoms with Gasteiger partial charge in [-0.1, -0.05) is 11.6 Å². The highest BCUT2D eigenvalue weighted by atomic mass is 35.5. The molecule has 0 aliphatic heterocycles. The molecular weight excluding hydrogens is 299 g/mol. The molecule has 0 amide bonds. The molecule has 2 rings (SSSR count). The lowest BCUT2D eigenvalue weighted by Crippen LogP contribution is -2.01. The highest BCUT2D eigenvalue weighted by Gasteiger charge is 2.13. The van der Waals surface area contributed by atoms with Gasteiger partial charge in [0.15, 0.2) is 0 Å². The molecule has 1 heterocycles. The Hall–Kier alpha value is -1.52. The van der Waals surface area contributed by atoms with Crippen LogP contribution in [-0.2, 0) is 6.42 Å². The van der Waals surface area contributed by atoms with Gasteiger partial charge >= 0.3 is 0 Å². The number of nitrogens with zero attached hydrogens (tertiary/aromatic N) is 2. The molecule has 0 aliphatic rings. The maximum Gasteiger partial charge on any atom is 0.222 e. The second kappa shape index (κ2) is 6.29. The van der Waals surface area contributed by atoms with Crippen molar-refractivity contribution in [3.63, 3.8) is 0 Å². The molecule has 0 fully saturated rings. The van der Waals surface area contributed by atoms with Crippen LogP contribution in [0.5, 0.6) is 11.5 Å². The van der Waals surface area contributed by atoms with E-state index in [-0.39, 0.29) is 5.28 Å². The van der Waals surface area contributed by atoms with Gasteiger partial charge in [0.1, 0.15) is 11.5 Å². The highest BCUT2D eigenvalue weighted by molar-refractivity contribution is 6.32. The van der Waals surface area contributed by atoms with E-state index in [1.165, 1.54) is 0 Å². The molecule has 0 saturated carbocycles. The van der Waals surface area contributed by atoms with Crippen molar-refractivity contribution in [1.82, 2.24) is 9.97 Å². The Kier molecular flexibility index (Phi) is 4.68. The fourth-order valence-corrected chi connectivity index (χ4v) is 2.26. The molecule has 0 spiro atoms. The minimum absolute atomic E-state index is 0.227. The third kappa shape index (κ3) is 3.14. The summed E-state index contributed by atoms with van der Waals surface area (Å²) >= 11 is 11.9. The van der Waals surface area contributed by atoms with Gasteiger partial charge in [0.25, 0.3) is 0 Å². The van der Waals surface area contributed by atoms with Crippen LogP contribution in [0, 0.1) is 6.92 Å². The zero-order valence-corrected chi connectivity index (χ0v) is 12.9. The molecule has 0 N–H and O–H groups in total. The Labute approximate surface area is 127 Å². The smallest absolute Gasteiger partial charge is 0.222 e. The van der Waals surface area contributed by atoms with Crippen LogP contribution in [0.4, 0.5) is 0 Å². The summed E-state index contributed by atoms with van der Waals surface area (Å²) in [5, 5.41) is 0.732. The van der Waals surface area contributed by atoms with Crippen molar-refractivity contribution in [3.8, 4) is 11.5 Å². The fourth-order valence-electron chi connectivity index (χ4n) is 1.87. The highest BCUT2D eigenvalue weighted by Crippen LogP contribution is 2.33. The van der Waals surface area contributed by atoms with E-state index >= 15 is 0 Å². The van der Waals surface area contributed by atoms with E-state index in [9.17, 15) is 0 Å². The van der Waals surface area contributed by atoms with Crippen molar-refractivity contribution < 1.29 is 9.47 Å². The normalized spacial score (nSPS) is 10.4. The molecule has 0 atom stereocenters. The van der Waals surface area contributed by atoms with Crippen LogP contribution in [-0.4, -0.2) is 24.2 Å². The van der Waals surface area contributed by atoms with Crippen LogP contribution in [0.25, 0.3) is 0 Å². The van der Waals surface area contributed by atoms with Crippen LogP contribution in [0.3, 0.4) is 0 Å². The maximum absolute atomic E-state index is 6.09. The predicted octanol–water partition coefficient (Wildman–Crippen LogP) is 3.70. The van der Waals surface area contributed by atoms with E-state index in [1.54, 1.807) is 26.5 Å².